The molecular formula is C12H9BrF2N2O2S. The van der Waals surface area contributed by atoms with Crippen molar-refractivity contribution in [1.29, 1.82) is 0 Å². The molecule has 3 N–H and O–H groups in total. The van der Waals surface area contributed by atoms with Crippen molar-refractivity contribution >= 4 is 37.3 Å². The second-order valence-electron chi connectivity index (χ2n) is 3.91. The monoisotopic (exact) mass is 362 g/mol. The molecule has 0 heterocycles. The average Bonchev–Trinajstić information content (AvgIpc) is 2.33. The van der Waals surface area contributed by atoms with Crippen molar-refractivity contribution in [3.8, 4) is 0 Å². The number of hydrogen-bond acceptors (Lipinski definition) is 3. The van der Waals surface area contributed by atoms with Crippen molar-refractivity contribution in [3.05, 3.63) is 52.5 Å². The molecule has 0 radical (unpaired) electrons. The normalized spacial score (nSPS) is 11.3. The fourth-order valence-electron chi connectivity index (χ4n) is 1.54. The van der Waals surface area contributed by atoms with E-state index in [0.717, 1.165) is 24.3 Å². The molecule has 0 aliphatic heterocycles. The second-order valence-corrected chi connectivity index (χ2v) is 6.48. The Labute approximate surface area is 122 Å². The Bertz CT molecular complexity index is 766. The standard InChI is InChI=1S/C12H9BrF2N2O2S/c13-7-1-3-9(15)11(5-7)17-20(18,19)12-4-2-8(14)6-10(12)16/h1-6,17H,16H2. The van der Waals surface area contributed by atoms with E-state index in [1.807, 2.05) is 0 Å². The maximum atomic E-state index is 13.5. The van der Waals surface area contributed by atoms with E-state index in [9.17, 15) is 17.2 Å². The Morgan fingerprint density at radius 3 is 2.45 bits per heavy atom. The molecule has 2 aromatic rings. The summed E-state index contributed by atoms with van der Waals surface area (Å²) in [7, 11) is -4.10. The fraction of sp³-hybridized carbons (Fsp3) is 0. The lowest BCUT2D eigenvalue weighted by atomic mass is 10.3. The van der Waals surface area contributed by atoms with Crippen molar-refractivity contribution in [2.75, 3.05) is 10.5 Å². The molecule has 4 nitrogen and oxygen atoms in total. The highest BCUT2D eigenvalue weighted by atomic mass is 79.9. The summed E-state index contributed by atoms with van der Waals surface area (Å²) in [5.74, 6) is -1.40. The summed E-state index contributed by atoms with van der Waals surface area (Å²) in [6.07, 6.45) is 0. The van der Waals surface area contributed by atoms with E-state index in [1.165, 1.54) is 12.1 Å². The molecule has 0 saturated carbocycles. The van der Waals surface area contributed by atoms with E-state index in [0.29, 0.717) is 4.47 Å². The lowest BCUT2D eigenvalue weighted by Gasteiger charge is -2.11. The predicted molar refractivity (Wildman–Crippen MR) is 75.7 cm³/mol. The van der Waals surface area contributed by atoms with Crippen molar-refractivity contribution < 1.29 is 17.2 Å². The van der Waals surface area contributed by atoms with Crippen LogP contribution >= 0.6 is 15.9 Å². The zero-order chi connectivity index (χ0) is 14.9. The molecule has 2 rings (SSSR count). The molecule has 0 unspecified atom stereocenters. The fourth-order valence-corrected chi connectivity index (χ4v) is 3.07. The number of sulfonamides is 1. The van der Waals surface area contributed by atoms with Crippen LogP contribution in [0, 0.1) is 11.6 Å². The van der Waals surface area contributed by atoms with Crippen LogP contribution in [0.5, 0.6) is 0 Å². The van der Waals surface area contributed by atoms with Crippen LogP contribution in [0.15, 0.2) is 45.8 Å². The Hall–Kier alpha value is -1.67. The van der Waals surface area contributed by atoms with Crippen LogP contribution in [0.25, 0.3) is 0 Å². The maximum Gasteiger partial charge on any atom is 0.264 e. The molecule has 0 saturated heterocycles. The molecule has 0 aliphatic rings. The molecule has 0 fully saturated rings. The van der Waals surface area contributed by atoms with Crippen molar-refractivity contribution in [1.82, 2.24) is 0 Å². The molecule has 0 bridgehead atoms. The summed E-state index contributed by atoms with van der Waals surface area (Å²) < 4.78 is 53.2. The third kappa shape index (κ3) is 3.07. The summed E-state index contributed by atoms with van der Waals surface area (Å²) in [6.45, 7) is 0. The minimum atomic E-state index is -4.10. The number of rotatable bonds is 3. The van der Waals surface area contributed by atoms with Gasteiger partial charge in [0.1, 0.15) is 16.5 Å². The maximum absolute atomic E-state index is 13.5. The summed E-state index contributed by atoms with van der Waals surface area (Å²) >= 11 is 3.11. The molecule has 0 aliphatic carbocycles. The van der Waals surface area contributed by atoms with Gasteiger partial charge in [-0.25, -0.2) is 17.2 Å². The van der Waals surface area contributed by atoms with Gasteiger partial charge in [0, 0.05) is 4.47 Å². The quantitative estimate of drug-likeness (QED) is 0.824. The molecule has 20 heavy (non-hydrogen) atoms. The van der Waals surface area contributed by atoms with E-state index >= 15 is 0 Å². The lowest BCUT2D eigenvalue weighted by Crippen LogP contribution is -2.15. The van der Waals surface area contributed by atoms with E-state index in [1.54, 1.807) is 0 Å². The SMILES string of the molecule is Nc1cc(F)ccc1S(=O)(=O)Nc1cc(Br)ccc1F. The van der Waals surface area contributed by atoms with Crippen LogP contribution in [0.3, 0.4) is 0 Å². The number of nitrogen functional groups attached to an aromatic ring is 1. The van der Waals surface area contributed by atoms with Crippen LogP contribution in [-0.4, -0.2) is 8.42 Å². The number of benzene rings is 2. The smallest absolute Gasteiger partial charge is 0.264 e. The number of halogens is 3. The minimum absolute atomic E-state index is 0.233. The van der Waals surface area contributed by atoms with Gasteiger partial charge in [-0.15, -0.1) is 0 Å². The van der Waals surface area contributed by atoms with Crippen LogP contribution in [0.4, 0.5) is 20.2 Å². The van der Waals surface area contributed by atoms with Crippen molar-refractivity contribution in [2.24, 2.45) is 0 Å². The van der Waals surface area contributed by atoms with Crippen LogP contribution in [-0.2, 0) is 10.0 Å². The summed E-state index contributed by atoms with van der Waals surface area (Å²) in [6, 6.07) is 6.67. The molecule has 0 spiro atoms. The summed E-state index contributed by atoms with van der Waals surface area (Å²) in [4.78, 5) is -0.321. The van der Waals surface area contributed by atoms with Crippen molar-refractivity contribution in [3.63, 3.8) is 0 Å². The van der Waals surface area contributed by atoms with Gasteiger partial charge >= 0.3 is 0 Å². The van der Waals surface area contributed by atoms with Crippen molar-refractivity contribution in [2.45, 2.75) is 4.90 Å². The summed E-state index contributed by atoms with van der Waals surface area (Å²) in [5, 5.41) is 0. The predicted octanol–water partition coefficient (Wildman–Crippen LogP) is 3.11. The number of nitrogens with two attached hydrogens (primary N) is 1. The zero-order valence-corrected chi connectivity index (χ0v) is 12.3. The minimum Gasteiger partial charge on any atom is -0.398 e. The highest BCUT2D eigenvalue weighted by molar-refractivity contribution is 9.10. The Morgan fingerprint density at radius 2 is 1.80 bits per heavy atom. The first-order valence-electron chi connectivity index (χ1n) is 5.32. The Morgan fingerprint density at radius 1 is 1.10 bits per heavy atom. The molecule has 0 aromatic heterocycles. The Balaban J connectivity index is 2.43. The van der Waals surface area contributed by atoms with Gasteiger partial charge in [0.25, 0.3) is 10.0 Å². The Kier molecular flexibility index (Phi) is 3.96. The largest absolute Gasteiger partial charge is 0.398 e. The highest BCUT2D eigenvalue weighted by Gasteiger charge is 2.19. The molecule has 8 heteroatoms. The van der Waals surface area contributed by atoms with Gasteiger partial charge < -0.3 is 5.73 Å². The first-order valence-corrected chi connectivity index (χ1v) is 7.60. The zero-order valence-electron chi connectivity index (χ0n) is 9.90. The summed E-state index contributed by atoms with van der Waals surface area (Å²) in [5.41, 5.74) is 4.98. The number of hydrogen-bond donors (Lipinski definition) is 2. The van der Waals surface area contributed by atoms with Gasteiger partial charge in [0.2, 0.25) is 0 Å². The van der Waals surface area contributed by atoms with E-state index in [2.05, 4.69) is 20.7 Å². The average molecular weight is 363 g/mol. The van der Waals surface area contributed by atoms with Crippen LogP contribution in [0.2, 0.25) is 0 Å². The van der Waals surface area contributed by atoms with Crippen LogP contribution in [0.1, 0.15) is 0 Å². The van der Waals surface area contributed by atoms with Crippen LogP contribution < -0.4 is 10.5 Å². The molecule has 0 atom stereocenters. The topological polar surface area (TPSA) is 72.2 Å². The molecular weight excluding hydrogens is 354 g/mol. The third-order valence-electron chi connectivity index (χ3n) is 2.43. The first kappa shape index (κ1) is 14.7. The highest BCUT2D eigenvalue weighted by Crippen LogP contribution is 2.25. The van der Waals surface area contributed by atoms with E-state index < -0.39 is 21.7 Å². The van der Waals surface area contributed by atoms with Gasteiger partial charge in [0.05, 0.1) is 11.4 Å². The number of anilines is 2. The molecule has 2 aromatic carbocycles. The second kappa shape index (κ2) is 5.37. The third-order valence-corrected chi connectivity index (χ3v) is 4.37. The first-order chi connectivity index (χ1) is 9.29. The lowest BCUT2D eigenvalue weighted by molar-refractivity contribution is 0.597. The van der Waals surface area contributed by atoms with Gasteiger partial charge in [-0.1, -0.05) is 15.9 Å². The molecule has 106 valence electrons. The van der Waals surface area contributed by atoms with Gasteiger partial charge in [0.15, 0.2) is 0 Å². The van der Waals surface area contributed by atoms with Gasteiger partial charge in [-0.3, -0.25) is 4.72 Å². The number of nitrogens with one attached hydrogen (secondary N) is 1. The van der Waals surface area contributed by atoms with Gasteiger partial charge in [-0.2, -0.15) is 0 Å². The van der Waals surface area contributed by atoms with E-state index in [4.69, 9.17) is 5.73 Å². The molecule has 0 amide bonds. The van der Waals surface area contributed by atoms with E-state index in [-0.39, 0.29) is 16.3 Å². The van der Waals surface area contributed by atoms with Gasteiger partial charge in [-0.05, 0) is 36.4 Å².